The zero-order chi connectivity index (χ0) is 41.2. The normalized spacial score (nSPS) is 15.0. The first kappa shape index (κ1) is 40.0. The number of anilines is 10. The molecule has 308 valence electrons. The first-order valence-corrected chi connectivity index (χ1v) is 20.5. The van der Waals surface area contributed by atoms with Crippen LogP contribution in [0.1, 0.15) is 11.1 Å². The number of nitrogens with zero attached hydrogens (tertiary/aromatic N) is 8. The highest BCUT2D eigenvalue weighted by atomic mass is 32.2. The van der Waals surface area contributed by atoms with Crippen molar-refractivity contribution >= 4 is 80.7 Å². The van der Waals surface area contributed by atoms with Crippen LogP contribution in [0, 0.1) is 0 Å². The van der Waals surface area contributed by atoms with E-state index in [1.54, 1.807) is 24.3 Å². The van der Waals surface area contributed by atoms with Crippen LogP contribution in [0.2, 0.25) is 0 Å². The van der Waals surface area contributed by atoms with Crippen LogP contribution >= 0.6 is 0 Å². The van der Waals surface area contributed by atoms with Crippen LogP contribution < -0.4 is 32.1 Å². The molecule has 2 aliphatic heterocycles. The van der Waals surface area contributed by atoms with E-state index in [9.17, 15) is 13.0 Å². The molecule has 0 aliphatic carbocycles. The maximum Gasteiger partial charge on any atom is 0.295 e. The van der Waals surface area contributed by atoms with Crippen LogP contribution in [0.3, 0.4) is 0 Å². The highest BCUT2D eigenvalue weighted by Crippen LogP contribution is 2.27. The van der Waals surface area contributed by atoms with Gasteiger partial charge < -0.3 is 30.7 Å². The number of hydrogen-bond acceptors (Lipinski definition) is 18. The molecule has 0 amide bonds. The van der Waals surface area contributed by atoms with Crippen molar-refractivity contribution in [2.24, 2.45) is 0 Å². The summed E-state index contributed by atoms with van der Waals surface area (Å²) in [5.41, 5.74) is 10.1. The summed E-state index contributed by atoms with van der Waals surface area (Å²) in [6.45, 7) is 4.95. The van der Waals surface area contributed by atoms with Crippen molar-refractivity contribution in [3.63, 3.8) is 0 Å². The highest BCUT2D eigenvalue weighted by molar-refractivity contribution is 7.86. The lowest BCUT2D eigenvalue weighted by Gasteiger charge is -2.27. The molecule has 20 heteroatoms. The molecule has 7 N–H and O–H groups in total. The standard InChI is InChI=1S/C40H42N14O5S/c55-60(56,57)34-27-33(44-38-46-36(42-31-9-5-2-6-10-31)48-40(50-38)52-54-21-25-59-26-22-54)18-15-29(34)14-11-28-12-16-32(17-13-28)43-37-45-35(41-30-7-3-1-4-8-30)47-39(49-37)51-53-19-23-58-24-20-53/h1-18,27H,19-26H2,(H,55,56,57)(H3,41,43,45,47,49,51)(H3,42,44,46,48,50,52). The average Bonchev–Trinajstić information content (AvgIpc) is 3.25. The number of morpholine rings is 2. The average molecular weight is 831 g/mol. The van der Waals surface area contributed by atoms with E-state index < -0.39 is 10.1 Å². The summed E-state index contributed by atoms with van der Waals surface area (Å²) in [4.78, 5) is 27.0. The van der Waals surface area contributed by atoms with E-state index >= 15 is 0 Å². The molecule has 8 rings (SSSR count). The third-order valence-corrected chi connectivity index (χ3v) is 9.95. The molecular formula is C40H42N14O5S. The second-order valence-corrected chi connectivity index (χ2v) is 14.8. The maximum atomic E-state index is 12.7. The van der Waals surface area contributed by atoms with Gasteiger partial charge in [0.15, 0.2) is 0 Å². The van der Waals surface area contributed by atoms with Gasteiger partial charge in [-0.1, -0.05) is 66.7 Å². The molecule has 0 unspecified atom stereocenters. The summed E-state index contributed by atoms with van der Waals surface area (Å²) < 4.78 is 46.5. The Hall–Kier alpha value is -6.81. The molecule has 0 spiro atoms. The molecule has 2 aliphatic rings. The topological polar surface area (TPSA) is 229 Å². The first-order valence-electron chi connectivity index (χ1n) is 19.1. The van der Waals surface area contributed by atoms with E-state index in [4.69, 9.17) is 9.47 Å². The minimum atomic E-state index is -4.64. The van der Waals surface area contributed by atoms with Crippen LogP contribution in [0.15, 0.2) is 108 Å². The largest absolute Gasteiger partial charge is 0.379 e. The number of para-hydroxylation sites is 2. The van der Waals surface area contributed by atoms with Gasteiger partial charge in [0.25, 0.3) is 10.1 Å². The van der Waals surface area contributed by atoms with E-state index in [0.29, 0.717) is 81.8 Å². The molecule has 0 saturated carbocycles. The van der Waals surface area contributed by atoms with Crippen molar-refractivity contribution in [2.45, 2.75) is 4.90 Å². The molecule has 6 aromatic rings. The summed E-state index contributed by atoms with van der Waals surface area (Å²) >= 11 is 0. The number of benzene rings is 4. The molecule has 0 bridgehead atoms. The second kappa shape index (κ2) is 18.8. The molecule has 0 radical (unpaired) electrons. The smallest absolute Gasteiger partial charge is 0.295 e. The Balaban J connectivity index is 0.980. The van der Waals surface area contributed by atoms with Crippen molar-refractivity contribution in [2.75, 3.05) is 84.7 Å². The molecular weight excluding hydrogens is 789 g/mol. The molecule has 0 atom stereocenters. The fourth-order valence-electron chi connectivity index (χ4n) is 6.10. The fourth-order valence-corrected chi connectivity index (χ4v) is 6.81. The number of aromatic nitrogens is 6. The lowest BCUT2D eigenvalue weighted by atomic mass is 10.1. The number of ether oxygens (including phenoxy) is 2. The van der Waals surface area contributed by atoms with E-state index in [1.165, 1.54) is 6.07 Å². The third-order valence-electron chi connectivity index (χ3n) is 9.04. The van der Waals surface area contributed by atoms with Gasteiger partial charge in [-0.15, -0.1) is 0 Å². The Kier molecular flexibility index (Phi) is 12.6. The monoisotopic (exact) mass is 830 g/mol. The SMILES string of the molecule is O=S(=O)(O)c1cc(Nc2nc(Nc3ccccc3)nc(NN3CCOCC3)n2)ccc1C=Cc1ccc(Nc2nc(Nc3ccccc3)nc(NN3CCOCC3)n2)cc1. The van der Waals surface area contributed by atoms with Crippen LogP contribution in [0.5, 0.6) is 0 Å². The van der Waals surface area contributed by atoms with Gasteiger partial charge in [0, 0.05) is 48.9 Å². The quantitative estimate of drug-likeness (QED) is 0.0481. The Bertz CT molecular complexity index is 2510. The zero-order valence-corrected chi connectivity index (χ0v) is 33.0. The zero-order valence-electron chi connectivity index (χ0n) is 32.2. The minimum absolute atomic E-state index is 0.142. The molecule has 60 heavy (non-hydrogen) atoms. The van der Waals surface area contributed by atoms with Crippen LogP contribution in [-0.2, 0) is 19.6 Å². The van der Waals surface area contributed by atoms with Crippen molar-refractivity contribution in [1.29, 1.82) is 0 Å². The summed E-state index contributed by atoms with van der Waals surface area (Å²) in [5.74, 6) is 1.71. The van der Waals surface area contributed by atoms with Gasteiger partial charge in [-0.2, -0.15) is 38.3 Å². The summed E-state index contributed by atoms with van der Waals surface area (Å²) in [6, 6.07) is 31.0. The number of hydrogen-bond donors (Lipinski definition) is 7. The summed E-state index contributed by atoms with van der Waals surface area (Å²) in [7, 11) is -4.64. The van der Waals surface area contributed by atoms with Gasteiger partial charge in [0.1, 0.15) is 4.90 Å². The Morgan fingerprint density at radius 1 is 0.500 bits per heavy atom. The van der Waals surface area contributed by atoms with E-state index in [-0.39, 0.29) is 28.3 Å². The van der Waals surface area contributed by atoms with Gasteiger partial charge >= 0.3 is 0 Å². The van der Waals surface area contributed by atoms with E-state index in [2.05, 4.69) is 62.0 Å². The number of hydrazine groups is 2. The van der Waals surface area contributed by atoms with E-state index in [0.717, 1.165) is 16.9 Å². The van der Waals surface area contributed by atoms with Crippen molar-refractivity contribution in [1.82, 2.24) is 39.9 Å². The third kappa shape index (κ3) is 11.2. The predicted molar refractivity (Wildman–Crippen MR) is 229 cm³/mol. The van der Waals surface area contributed by atoms with Gasteiger partial charge in [0.05, 0.1) is 26.4 Å². The predicted octanol–water partition coefficient (Wildman–Crippen LogP) is 5.77. The first-order chi connectivity index (χ1) is 29.3. The van der Waals surface area contributed by atoms with Crippen LogP contribution in [-0.4, -0.2) is 105 Å². The summed E-state index contributed by atoms with van der Waals surface area (Å²) in [6.07, 6.45) is 3.36. The number of rotatable bonds is 15. The Morgan fingerprint density at radius 3 is 1.35 bits per heavy atom. The lowest BCUT2D eigenvalue weighted by Crippen LogP contribution is -2.40. The second-order valence-electron chi connectivity index (χ2n) is 13.4. The Morgan fingerprint density at radius 2 is 0.900 bits per heavy atom. The fraction of sp³-hybridized carbons (Fsp3) is 0.200. The highest BCUT2D eigenvalue weighted by Gasteiger charge is 2.18. The minimum Gasteiger partial charge on any atom is -0.379 e. The Labute approximate surface area is 346 Å². The number of nitrogens with one attached hydrogen (secondary N) is 6. The van der Waals surface area contributed by atoms with Crippen molar-refractivity contribution in [3.05, 3.63) is 114 Å². The van der Waals surface area contributed by atoms with Gasteiger partial charge in [-0.3, -0.25) is 15.4 Å². The molecule has 2 fully saturated rings. The van der Waals surface area contributed by atoms with E-state index in [1.807, 2.05) is 94.9 Å². The van der Waals surface area contributed by atoms with Crippen molar-refractivity contribution < 1.29 is 22.4 Å². The summed E-state index contributed by atoms with van der Waals surface area (Å²) in [5, 5.41) is 16.6. The molecule has 4 heterocycles. The van der Waals surface area contributed by atoms with Gasteiger partial charge in [-0.25, -0.2) is 10.0 Å². The van der Waals surface area contributed by atoms with Gasteiger partial charge in [0.2, 0.25) is 35.7 Å². The van der Waals surface area contributed by atoms with Crippen LogP contribution in [0.25, 0.3) is 12.2 Å². The van der Waals surface area contributed by atoms with Crippen LogP contribution in [0.4, 0.5) is 58.4 Å². The lowest BCUT2D eigenvalue weighted by molar-refractivity contribution is 0.0492. The molecule has 2 saturated heterocycles. The maximum absolute atomic E-state index is 12.7. The molecule has 4 aromatic carbocycles. The van der Waals surface area contributed by atoms with Crippen molar-refractivity contribution in [3.8, 4) is 0 Å². The van der Waals surface area contributed by atoms with Gasteiger partial charge in [-0.05, 0) is 59.7 Å². The molecule has 2 aromatic heterocycles. The molecule has 19 nitrogen and oxygen atoms in total.